The van der Waals surface area contributed by atoms with Crippen molar-refractivity contribution in [2.24, 2.45) is 0 Å². The second kappa shape index (κ2) is 6.40. The van der Waals surface area contributed by atoms with E-state index < -0.39 is 0 Å². The summed E-state index contributed by atoms with van der Waals surface area (Å²) in [7, 11) is 1.57. The van der Waals surface area contributed by atoms with Crippen LogP contribution in [0.1, 0.15) is 16.1 Å². The third-order valence-corrected chi connectivity index (χ3v) is 3.94. The first-order chi connectivity index (χ1) is 10.8. The van der Waals surface area contributed by atoms with Crippen molar-refractivity contribution in [2.45, 2.75) is 6.54 Å². The second-order valence-corrected chi connectivity index (χ2v) is 5.51. The number of nitrogens with zero attached hydrogens (tertiary/aromatic N) is 3. The van der Waals surface area contributed by atoms with E-state index in [2.05, 4.69) is 15.3 Å². The van der Waals surface area contributed by atoms with Crippen LogP contribution in [0.25, 0.3) is 0 Å². The van der Waals surface area contributed by atoms with Gasteiger partial charge in [0.25, 0.3) is 5.91 Å². The first-order valence-corrected chi connectivity index (χ1v) is 7.43. The van der Waals surface area contributed by atoms with Gasteiger partial charge in [0.05, 0.1) is 13.3 Å². The van der Waals surface area contributed by atoms with Crippen LogP contribution >= 0.6 is 11.3 Å². The number of rotatable bonds is 5. The normalized spacial score (nSPS) is 10.4. The largest absolute Gasteiger partial charge is 0.486 e. The van der Waals surface area contributed by atoms with E-state index in [4.69, 9.17) is 4.74 Å². The zero-order chi connectivity index (χ0) is 15.4. The lowest BCUT2D eigenvalue weighted by atomic mass is 10.2. The molecule has 0 fully saturated rings. The zero-order valence-electron chi connectivity index (χ0n) is 11.9. The number of methoxy groups -OCH3 is 1. The second-order valence-electron chi connectivity index (χ2n) is 4.52. The minimum absolute atomic E-state index is 0.198. The highest BCUT2D eigenvalue weighted by atomic mass is 32.1. The van der Waals surface area contributed by atoms with Gasteiger partial charge in [-0.3, -0.25) is 15.1 Å². The number of hydrogen-bond acceptors (Lipinski definition) is 5. The van der Waals surface area contributed by atoms with Crippen molar-refractivity contribution in [3.63, 3.8) is 0 Å². The van der Waals surface area contributed by atoms with Crippen molar-refractivity contribution < 1.29 is 9.53 Å². The van der Waals surface area contributed by atoms with E-state index in [-0.39, 0.29) is 5.91 Å². The van der Waals surface area contributed by atoms with E-state index >= 15 is 0 Å². The summed E-state index contributed by atoms with van der Waals surface area (Å²) in [5.74, 6) is -0.198. The monoisotopic (exact) mass is 314 g/mol. The molecule has 0 aliphatic heterocycles. The predicted molar refractivity (Wildman–Crippen MR) is 84.4 cm³/mol. The average molecular weight is 314 g/mol. The number of thiazole rings is 1. The van der Waals surface area contributed by atoms with Crippen LogP contribution in [0.5, 0.6) is 5.06 Å². The van der Waals surface area contributed by atoms with E-state index in [1.54, 1.807) is 31.8 Å². The lowest BCUT2D eigenvalue weighted by Gasteiger charge is -2.08. The minimum Gasteiger partial charge on any atom is -0.486 e. The Hall–Kier alpha value is -2.67. The van der Waals surface area contributed by atoms with Gasteiger partial charge in [-0.1, -0.05) is 11.3 Å². The topological polar surface area (TPSA) is 69.0 Å². The molecule has 0 atom stereocenters. The van der Waals surface area contributed by atoms with Gasteiger partial charge < -0.3 is 9.30 Å². The molecule has 0 bridgehead atoms. The molecule has 0 aromatic carbocycles. The van der Waals surface area contributed by atoms with Gasteiger partial charge in [0.1, 0.15) is 5.69 Å². The molecule has 3 aromatic heterocycles. The Bertz CT molecular complexity index is 767. The summed E-state index contributed by atoms with van der Waals surface area (Å²) in [5, 5.41) is 3.95. The smallest absolute Gasteiger partial charge is 0.274 e. The van der Waals surface area contributed by atoms with Crippen LogP contribution in [-0.4, -0.2) is 27.6 Å². The van der Waals surface area contributed by atoms with Gasteiger partial charge in [-0.15, -0.1) is 0 Å². The van der Waals surface area contributed by atoms with Gasteiger partial charge in [0, 0.05) is 25.1 Å². The maximum absolute atomic E-state index is 12.4. The molecule has 0 aliphatic carbocycles. The maximum atomic E-state index is 12.4. The fourth-order valence-electron chi connectivity index (χ4n) is 2.02. The fraction of sp³-hybridized carbons (Fsp3) is 0.133. The lowest BCUT2D eigenvalue weighted by molar-refractivity contribution is 0.101. The lowest BCUT2D eigenvalue weighted by Crippen LogP contribution is -2.17. The average Bonchev–Trinajstić information content (AvgIpc) is 3.17. The van der Waals surface area contributed by atoms with Crippen molar-refractivity contribution in [3.8, 4) is 5.06 Å². The summed E-state index contributed by atoms with van der Waals surface area (Å²) in [4.78, 5) is 20.5. The van der Waals surface area contributed by atoms with Gasteiger partial charge in [0.2, 0.25) is 0 Å². The van der Waals surface area contributed by atoms with Gasteiger partial charge in [0.15, 0.2) is 10.2 Å². The zero-order valence-corrected chi connectivity index (χ0v) is 12.7. The standard InChI is InChI=1S/C15H14N4O2S/c1-21-13-9-17-15(22-13)18-14(20)12-3-2-8-19(12)10-11-4-6-16-7-5-11/h2-9H,10H2,1H3,(H,17,18,20). The summed E-state index contributed by atoms with van der Waals surface area (Å²) < 4.78 is 6.95. The Labute approximate surface area is 131 Å². The highest BCUT2D eigenvalue weighted by Crippen LogP contribution is 2.25. The number of ether oxygens (including phenoxy) is 1. The van der Waals surface area contributed by atoms with E-state index in [0.29, 0.717) is 22.4 Å². The summed E-state index contributed by atoms with van der Waals surface area (Å²) in [5.41, 5.74) is 1.65. The molecule has 3 rings (SSSR count). The highest BCUT2D eigenvalue weighted by molar-refractivity contribution is 7.17. The number of anilines is 1. The molecule has 0 saturated heterocycles. The minimum atomic E-state index is -0.198. The molecular formula is C15H14N4O2S. The predicted octanol–water partition coefficient (Wildman–Crippen LogP) is 2.65. The van der Waals surface area contributed by atoms with Crippen molar-refractivity contribution >= 4 is 22.4 Å². The molecule has 22 heavy (non-hydrogen) atoms. The third-order valence-electron chi connectivity index (χ3n) is 3.07. The van der Waals surface area contributed by atoms with Gasteiger partial charge in [-0.05, 0) is 29.8 Å². The quantitative estimate of drug-likeness (QED) is 0.786. The number of aromatic nitrogens is 3. The Morgan fingerprint density at radius 1 is 1.36 bits per heavy atom. The summed E-state index contributed by atoms with van der Waals surface area (Å²) >= 11 is 1.29. The van der Waals surface area contributed by atoms with E-state index in [9.17, 15) is 4.79 Å². The molecule has 7 heteroatoms. The Morgan fingerprint density at radius 3 is 2.91 bits per heavy atom. The first-order valence-electron chi connectivity index (χ1n) is 6.61. The Morgan fingerprint density at radius 2 is 2.18 bits per heavy atom. The Balaban J connectivity index is 1.74. The molecule has 0 spiro atoms. The molecule has 1 amide bonds. The summed E-state index contributed by atoms with van der Waals surface area (Å²) in [6.07, 6.45) is 6.93. The number of hydrogen-bond donors (Lipinski definition) is 1. The van der Waals surface area contributed by atoms with Crippen LogP contribution in [0.15, 0.2) is 49.1 Å². The molecule has 0 radical (unpaired) electrons. The molecule has 112 valence electrons. The molecule has 0 aliphatic rings. The molecule has 6 nitrogen and oxygen atoms in total. The van der Waals surface area contributed by atoms with Crippen molar-refractivity contribution in [1.82, 2.24) is 14.5 Å². The van der Waals surface area contributed by atoms with E-state index in [0.717, 1.165) is 5.56 Å². The van der Waals surface area contributed by atoms with Crippen molar-refractivity contribution in [2.75, 3.05) is 12.4 Å². The summed E-state index contributed by atoms with van der Waals surface area (Å²) in [6, 6.07) is 7.47. The SMILES string of the molecule is COc1cnc(NC(=O)c2cccn2Cc2ccncc2)s1. The molecule has 3 heterocycles. The molecular weight excluding hydrogens is 300 g/mol. The number of carbonyl (C=O) groups excluding carboxylic acids is 1. The molecule has 1 N–H and O–H groups in total. The van der Waals surface area contributed by atoms with Crippen LogP contribution in [0.3, 0.4) is 0 Å². The first kappa shape index (κ1) is 14.3. The van der Waals surface area contributed by atoms with E-state index in [1.165, 1.54) is 11.3 Å². The van der Waals surface area contributed by atoms with Crippen LogP contribution in [0.2, 0.25) is 0 Å². The van der Waals surface area contributed by atoms with Crippen molar-refractivity contribution in [1.29, 1.82) is 0 Å². The number of nitrogens with one attached hydrogen (secondary N) is 1. The number of amides is 1. The number of pyridine rings is 1. The van der Waals surface area contributed by atoms with Crippen LogP contribution in [0.4, 0.5) is 5.13 Å². The van der Waals surface area contributed by atoms with Gasteiger partial charge >= 0.3 is 0 Å². The van der Waals surface area contributed by atoms with Crippen LogP contribution in [0, 0.1) is 0 Å². The fourth-order valence-corrected chi connectivity index (χ4v) is 2.64. The van der Waals surface area contributed by atoms with Crippen molar-refractivity contribution in [3.05, 3.63) is 60.3 Å². The molecule has 0 unspecified atom stereocenters. The van der Waals surface area contributed by atoms with Crippen LogP contribution < -0.4 is 10.1 Å². The third kappa shape index (κ3) is 3.15. The molecule has 3 aromatic rings. The summed E-state index contributed by atoms with van der Waals surface area (Å²) in [6.45, 7) is 0.611. The van der Waals surface area contributed by atoms with Crippen LogP contribution in [-0.2, 0) is 6.54 Å². The number of carbonyl (C=O) groups is 1. The van der Waals surface area contributed by atoms with Gasteiger partial charge in [-0.25, -0.2) is 4.98 Å². The van der Waals surface area contributed by atoms with E-state index in [1.807, 2.05) is 29.0 Å². The maximum Gasteiger partial charge on any atom is 0.274 e. The Kier molecular flexibility index (Phi) is 4.15. The van der Waals surface area contributed by atoms with Gasteiger partial charge in [-0.2, -0.15) is 0 Å². The highest BCUT2D eigenvalue weighted by Gasteiger charge is 2.13. The molecule has 0 saturated carbocycles.